The molecular formula is C30H26N2O8S4. The molecule has 14 heteroatoms. The zero-order chi connectivity index (χ0) is 31.4. The maximum Gasteiger partial charge on any atom is 0.271 e. The Labute approximate surface area is 269 Å². The average Bonchev–Trinajstić information content (AvgIpc) is 2.99. The molecule has 8 bridgehead atoms. The van der Waals surface area contributed by atoms with Gasteiger partial charge in [0.1, 0.15) is 23.0 Å². The highest BCUT2D eigenvalue weighted by Gasteiger charge is 2.25. The minimum Gasteiger partial charge on any atom is -0.506 e. The summed E-state index contributed by atoms with van der Waals surface area (Å²) in [5, 5.41) is 46.8. The van der Waals surface area contributed by atoms with Gasteiger partial charge >= 0.3 is 0 Å². The van der Waals surface area contributed by atoms with E-state index in [1.807, 2.05) is 13.8 Å². The molecule has 0 radical (unpaired) electrons. The number of hydrogen-bond acceptors (Lipinski definition) is 12. The van der Waals surface area contributed by atoms with Crippen LogP contribution < -0.4 is 9.47 Å². The molecule has 0 atom stereocenters. The standard InChI is InChI=1S/C30H26N2O8S4/c1-3-11-39-29-19-7-5-8-20(29)42-24-14-18(32(37)38)16-26(28(24)34)44-22-10-6-9-21(30(22)40-12-4-2)43-25-15-17(31(35)36)13-23(41-19)27(25)33/h5-10,13-16,33-34H,3-4,11-12H2,1-2H3. The van der Waals surface area contributed by atoms with E-state index < -0.39 is 9.85 Å². The Balaban J connectivity index is 1.80. The molecule has 0 saturated carbocycles. The Morgan fingerprint density at radius 1 is 0.591 bits per heavy atom. The predicted molar refractivity (Wildman–Crippen MR) is 170 cm³/mol. The maximum absolute atomic E-state index is 12.0. The molecule has 0 fully saturated rings. The minimum atomic E-state index is -0.504. The van der Waals surface area contributed by atoms with Gasteiger partial charge in [-0.3, -0.25) is 20.2 Å². The smallest absolute Gasteiger partial charge is 0.271 e. The van der Waals surface area contributed by atoms with E-state index in [4.69, 9.17) is 9.47 Å². The zero-order valence-corrected chi connectivity index (χ0v) is 26.7. The topological polar surface area (TPSA) is 145 Å². The van der Waals surface area contributed by atoms with Crippen LogP contribution in [0.4, 0.5) is 11.4 Å². The van der Waals surface area contributed by atoms with Crippen LogP contribution in [0.15, 0.2) is 99.8 Å². The van der Waals surface area contributed by atoms with Crippen LogP contribution >= 0.6 is 47.0 Å². The maximum atomic E-state index is 12.0. The number of nitro benzene ring substituents is 2. The second-order valence-corrected chi connectivity index (χ2v) is 13.7. The number of para-hydroxylation sites is 2. The van der Waals surface area contributed by atoms with Crippen LogP contribution in [-0.2, 0) is 0 Å². The quantitative estimate of drug-likeness (QED) is 0.120. The Morgan fingerprint density at radius 2 is 0.886 bits per heavy atom. The number of ether oxygens (including phenoxy) is 2. The van der Waals surface area contributed by atoms with Crippen molar-refractivity contribution in [2.24, 2.45) is 0 Å². The van der Waals surface area contributed by atoms with Crippen LogP contribution in [0.25, 0.3) is 0 Å². The van der Waals surface area contributed by atoms with E-state index >= 15 is 0 Å². The predicted octanol–water partition coefficient (Wildman–Crippen LogP) is 9.41. The molecule has 0 amide bonds. The molecular weight excluding hydrogens is 645 g/mol. The lowest BCUT2D eigenvalue weighted by Gasteiger charge is -2.19. The van der Waals surface area contributed by atoms with Gasteiger partial charge in [-0.2, -0.15) is 0 Å². The number of nitro groups is 2. The van der Waals surface area contributed by atoms with Crippen molar-refractivity contribution in [3.8, 4) is 23.0 Å². The number of phenols is 2. The van der Waals surface area contributed by atoms with Crippen molar-refractivity contribution in [1.82, 2.24) is 0 Å². The fourth-order valence-corrected chi connectivity index (χ4v) is 8.52. The first-order chi connectivity index (χ1) is 21.2. The summed E-state index contributed by atoms with van der Waals surface area (Å²) in [6.07, 6.45) is 1.38. The van der Waals surface area contributed by atoms with E-state index in [1.165, 1.54) is 24.3 Å². The molecule has 0 aliphatic carbocycles. The number of rotatable bonds is 8. The van der Waals surface area contributed by atoms with E-state index in [0.29, 0.717) is 57.1 Å². The molecule has 1 heterocycles. The van der Waals surface area contributed by atoms with Gasteiger partial charge in [-0.1, -0.05) is 73.0 Å². The Morgan fingerprint density at radius 3 is 1.14 bits per heavy atom. The van der Waals surface area contributed by atoms with Gasteiger partial charge in [0.25, 0.3) is 11.4 Å². The van der Waals surface area contributed by atoms with Gasteiger partial charge in [-0.05, 0) is 37.1 Å². The fourth-order valence-electron chi connectivity index (χ4n) is 4.14. The Bertz CT molecular complexity index is 1530. The van der Waals surface area contributed by atoms with Crippen LogP contribution in [0.3, 0.4) is 0 Å². The highest BCUT2D eigenvalue weighted by atomic mass is 32.2. The number of nitrogens with zero attached hydrogens (tertiary/aromatic N) is 2. The van der Waals surface area contributed by atoms with Crippen molar-refractivity contribution in [1.29, 1.82) is 0 Å². The summed E-state index contributed by atoms with van der Waals surface area (Å²) in [6.45, 7) is 4.59. The fraction of sp³-hybridized carbons (Fsp3) is 0.200. The number of fused-ring (bicyclic) bond motifs is 8. The lowest BCUT2D eigenvalue weighted by molar-refractivity contribution is -0.385. The molecule has 2 N–H and O–H groups in total. The molecule has 0 saturated heterocycles. The van der Waals surface area contributed by atoms with Crippen molar-refractivity contribution in [2.45, 2.75) is 65.9 Å². The van der Waals surface area contributed by atoms with Gasteiger partial charge in [-0.15, -0.1) is 0 Å². The lowest BCUT2D eigenvalue weighted by atomic mass is 10.3. The molecule has 1 aliphatic rings. The van der Waals surface area contributed by atoms with Crippen LogP contribution in [-0.4, -0.2) is 33.3 Å². The van der Waals surface area contributed by atoms with Crippen molar-refractivity contribution in [3.05, 3.63) is 80.9 Å². The van der Waals surface area contributed by atoms with Gasteiger partial charge in [0.05, 0.1) is 62.2 Å². The van der Waals surface area contributed by atoms with Crippen LogP contribution in [0.2, 0.25) is 0 Å². The molecule has 0 unspecified atom stereocenters. The molecule has 4 aromatic carbocycles. The Hall–Kier alpha value is -3.72. The monoisotopic (exact) mass is 670 g/mol. The zero-order valence-electron chi connectivity index (χ0n) is 23.5. The summed E-state index contributed by atoms with van der Waals surface area (Å²) in [7, 11) is 0. The number of non-ortho nitro benzene ring substituents is 2. The van der Waals surface area contributed by atoms with E-state index in [0.717, 1.165) is 47.0 Å². The first-order valence-electron chi connectivity index (χ1n) is 13.5. The summed E-state index contributed by atoms with van der Waals surface area (Å²) < 4.78 is 12.3. The molecule has 44 heavy (non-hydrogen) atoms. The van der Waals surface area contributed by atoms with Crippen LogP contribution in [0.1, 0.15) is 26.7 Å². The Kier molecular flexibility index (Phi) is 10.0. The summed E-state index contributed by atoms with van der Waals surface area (Å²) in [6, 6.07) is 15.8. The highest BCUT2D eigenvalue weighted by molar-refractivity contribution is 8.01. The summed E-state index contributed by atoms with van der Waals surface area (Å²) in [5.41, 5.74) is -0.381. The molecule has 0 aromatic heterocycles. The van der Waals surface area contributed by atoms with Crippen molar-refractivity contribution >= 4 is 58.4 Å². The third-order valence-electron chi connectivity index (χ3n) is 6.14. The van der Waals surface area contributed by atoms with Crippen LogP contribution in [0, 0.1) is 20.2 Å². The van der Waals surface area contributed by atoms with Gasteiger partial charge in [0, 0.05) is 24.3 Å². The molecule has 0 spiro atoms. The normalized spacial score (nSPS) is 12.4. The number of aromatic hydroxyl groups is 2. The summed E-state index contributed by atoms with van der Waals surface area (Å²) in [4.78, 5) is 26.2. The van der Waals surface area contributed by atoms with Gasteiger partial charge in [-0.25, -0.2) is 0 Å². The molecule has 10 nitrogen and oxygen atoms in total. The highest BCUT2D eigenvalue weighted by Crippen LogP contribution is 2.54. The van der Waals surface area contributed by atoms with E-state index in [-0.39, 0.29) is 42.5 Å². The van der Waals surface area contributed by atoms with Crippen molar-refractivity contribution in [2.75, 3.05) is 13.2 Å². The van der Waals surface area contributed by atoms with Gasteiger partial charge < -0.3 is 19.7 Å². The molecule has 228 valence electrons. The van der Waals surface area contributed by atoms with E-state index in [2.05, 4.69) is 0 Å². The number of hydrogen-bond donors (Lipinski definition) is 2. The van der Waals surface area contributed by atoms with E-state index in [9.17, 15) is 30.4 Å². The second-order valence-electron chi connectivity index (χ2n) is 9.37. The number of benzene rings is 4. The third kappa shape index (κ3) is 6.83. The van der Waals surface area contributed by atoms with Crippen molar-refractivity contribution < 1.29 is 29.5 Å². The SMILES string of the molecule is CCCOc1c2cccc1Sc1cc([N+](=O)[O-])cc(c1O)Sc1cccc(c1OCCC)Sc1cc([N+](=O)[O-])cc(c1O)S2. The lowest BCUT2D eigenvalue weighted by Crippen LogP contribution is -2.00. The third-order valence-corrected chi connectivity index (χ3v) is 10.4. The van der Waals surface area contributed by atoms with E-state index in [1.54, 1.807) is 36.4 Å². The minimum absolute atomic E-state index is 0.129. The first kappa shape index (κ1) is 31.7. The van der Waals surface area contributed by atoms with Gasteiger partial charge in [0.15, 0.2) is 0 Å². The summed E-state index contributed by atoms with van der Waals surface area (Å²) >= 11 is 4.42. The molecule has 4 aromatic rings. The second kappa shape index (κ2) is 13.9. The largest absolute Gasteiger partial charge is 0.506 e. The summed E-state index contributed by atoms with van der Waals surface area (Å²) in [5.74, 6) is 0.597. The molecule has 1 aliphatic heterocycles. The average molecular weight is 671 g/mol. The first-order valence-corrected chi connectivity index (χ1v) is 16.7. The molecule has 5 rings (SSSR count). The van der Waals surface area contributed by atoms with Gasteiger partial charge in [0.2, 0.25) is 0 Å². The number of phenolic OH excluding ortho intramolecular Hbond substituents is 2. The van der Waals surface area contributed by atoms with Crippen LogP contribution in [0.5, 0.6) is 23.0 Å². The van der Waals surface area contributed by atoms with Crippen molar-refractivity contribution in [3.63, 3.8) is 0 Å².